The van der Waals surface area contributed by atoms with Gasteiger partial charge in [-0.1, -0.05) is 0 Å². The molecule has 0 atom stereocenters. The van der Waals surface area contributed by atoms with E-state index in [0.29, 0.717) is 29.6 Å². The summed E-state index contributed by atoms with van der Waals surface area (Å²) in [6, 6.07) is 5.03. The number of nitrogens with one attached hydrogen (secondary N) is 1. The second kappa shape index (κ2) is 6.73. The first-order valence-corrected chi connectivity index (χ1v) is 7.00. The highest BCUT2D eigenvalue weighted by Crippen LogP contribution is 2.32. The summed E-state index contributed by atoms with van der Waals surface area (Å²) in [4.78, 5) is 8.89. The molecule has 0 spiro atoms. The zero-order valence-electron chi connectivity index (χ0n) is 12.0. The van der Waals surface area contributed by atoms with Crippen LogP contribution in [0.3, 0.4) is 0 Å². The van der Waals surface area contributed by atoms with Gasteiger partial charge in [-0.15, -0.1) is 0 Å². The van der Waals surface area contributed by atoms with Gasteiger partial charge in [0.15, 0.2) is 17.3 Å². The van der Waals surface area contributed by atoms with E-state index in [9.17, 15) is 5.11 Å². The van der Waals surface area contributed by atoms with Gasteiger partial charge in [0.05, 0.1) is 23.9 Å². The summed E-state index contributed by atoms with van der Waals surface area (Å²) in [7, 11) is 4.88. The van der Waals surface area contributed by atoms with Gasteiger partial charge in [0.25, 0.3) is 0 Å². The maximum atomic E-state index is 9.88. The average Bonchev–Trinajstić information content (AvgIpc) is 2.49. The summed E-state index contributed by atoms with van der Waals surface area (Å²) in [5, 5.41) is 12.9. The second-order valence-corrected chi connectivity index (χ2v) is 5.02. The largest absolute Gasteiger partial charge is 0.504 e. The van der Waals surface area contributed by atoms with E-state index in [-0.39, 0.29) is 5.75 Å². The molecule has 1 heterocycles. The van der Waals surface area contributed by atoms with E-state index in [1.165, 1.54) is 7.11 Å². The number of benzene rings is 1. The number of aromatic hydroxyl groups is 1. The third-order valence-electron chi connectivity index (χ3n) is 2.87. The Morgan fingerprint density at radius 1 is 1.29 bits per heavy atom. The number of hydrogen-bond donors (Lipinski definition) is 2. The Kier molecular flexibility index (Phi) is 4.98. The van der Waals surface area contributed by atoms with E-state index >= 15 is 0 Å². The molecule has 0 radical (unpaired) electrons. The lowest BCUT2D eigenvalue weighted by Gasteiger charge is -2.11. The molecule has 2 aromatic rings. The third kappa shape index (κ3) is 3.25. The summed E-state index contributed by atoms with van der Waals surface area (Å²) >= 11 is 3.45. The molecule has 0 saturated heterocycles. The van der Waals surface area contributed by atoms with Crippen LogP contribution in [0.1, 0.15) is 5.69 Å². The summed E-state index contributed by atoms with van der Waals surface area (Å²) in [5.41, 5.74) is 1.41. The smallest absolute Gasteiger partial charge is 0.162 e. The molecule has 21 heavy (non-hydrogen) atoms. The van der Waals surface area contributed by atoms with E-state index in [0.717, 1.165) is 10.2 Å². The number of phenols is 1. The number of methoxy groups -OCH3 is 2. The lowest BCUT2D eigenvalue weighted by atomic mass is 10.2. The number of phenolic OH excluding ortho intramolecular Hbond substituents is 1. The van der Waals surface area contributed by atoms with Crippen molar-refractivity contribution >= 4 is 21.7 Å². The van der Waals surface area contributed by atoms with Crippen LogP contribution in [-0.4, -0.2) is 36.3 Å². The van der Waals surface area contributed by atoms with Crippen molar-refractivity contribution < 1.29 is 14.6 Å². The van der Waals surface area contributed by atoms with Crippen molar-refractivity contribution in [3.63, 3.8) is 0 Å². The first-order chi connectivity index (χ1) is 10.1. The van der Waals surface area contributed by atoms with Gasteiger partial charge in [-0.2, -0.15) is 0 Å². The molecule has 0 saturated carbocycles. The van der Waals surface area contributed by atoms with Crippen molar-refractivity contribution in [3.05, 3.63) is 28.4 Å². The van der Waals surface area contributed by atoms with Crippen LogP contribution in [0, 0.1) is 0 Å². The Morgan fingerprint density at radius 2 is 2.05 bits per heavy atom. The van der Waals surface area contributed by atoms with Gasteiger partial charge >= 0.3 is 0 Å². The Morgan fingerprint density at radius 3 is 2.62 bits per heavy atom. The zero-order chi connectivity index (χ0) is 15.4. The molecule has 2 N–H and O–H groups in total. The predicted octanol–water partition coefficient (Wildman–Crippen LogP) is 2.81. The van der Waals surface area contributed by atoms with Crippen LogP contribution in [0.15, 0.2) is 22.7 Å². The molecule has 1 aromatic heterocycles. The van der Waals surface area contributed by atoms with E-state index in [1.54, 1.807) is 32.4 Å². The van der Waals surface area contributed by atoms with Crippen molar-refractivity contribution in [2.24, 2.45) is 0 Å². The number of halogens is 1. The lowest BCUT2D eigenvalue weighted by Crippen LogP contribution is -2.04. The van der Waals surface area contributed by atoms with Gasteiger partial charge in [-0.3, -0.25) is 0 Å². The van der Waals surface area contributed by atoms with Gasteiger partial charge in [-0.25, -0.2) is 9.97 Å². The standard InChI is InChI=1S/C14H16BrN3O3/c1-16-14-12(15)9(7-20-2)17-13(18-14)8-4-5-11(21-3)10(19)6-8/h4-6,19H,7H2,1-3H3,(H,16,17,18). The first kappa shape index (κ1) is 15.5. The predicted molar refractivity (Wildman–Crippen MR) is 83.6 cm³/mol. The molecule has 0 aliphatic rings. The highest BCUT2D eigenvalue weighted by molar-refractivity contribution is 9.10. The van der Waals surface area contributed by atoms with Crippen molar-refractivity contribution in [1.29, 1.82) is 0 Å². The number of nitrogens with zero attached hydrogens (tertiary/aromatic N) is 2. The summed E-state index contributed by atoms with van der Waals surface area (Å²) in [6.45, 7) is 0.354. The molecule has 0 fully saturated rings. The molecular formula is C14H16BrN3O3. The Hall–Kier alpha value is -1.86. The molecule has 1 aromatic carbocycles. The molecular weight excluding hydrogens is 338 g/mol. The van der Waals surface area contributed by atoms with Gasteiger partial charge in [0.1, 0.15) is 5.82 Å². The molecule has 0 aliphatic heterocycles. The first-order valence-electron chi connectivity index (χ1n) is 6.21. The molecule has 112 valence electrons. The van der Waals surface area contributed by atoms with E-state index in [2.05, 4.69) is 31.2 Å². The molecule has 2 rings (SSSR count). The van der Waals surface area contributed by atoms with Crippen LogP contribution in [0.2, 0.25) is 0 Å². The fourth-order valence-electron chi connectivity index (χ4n) is 1.85. The normalized spacial score (nSPS) is 10.5. The SMILES string of the molecule is CNc1nc(-c2ccc(OC)c(O)c2)nc(COC)c1Br. The maximum Gasteiger partial charge on any atom is 0.162 e. The average molecular weight is 354 g/mol. The molecule has 0 bridgehead atoms. The Balaban J connectivity index is 2.52. The van der Waals surface area contributed by atoms with E-state index in [1.807, 2.05) is 0 Å². The van der Waals surface area contributed by atoms with Crippen molar-refractivity contribution in [3.8, 4) is 22.9 Å². The van der Waals surface area contributed by atoms with Crippen molar-refractivity contribution in [2.45, 2.75) is 6.61 Å². The van der Waals surface area contributed by atoms with Crippen LogP contribution in [-0.2, 0) is 11.3 Å². The van der Waals surface area contributed by atoms with Crippen LogP contribution in [0.5, 0.6) is 11.5 Å². The quantitative estimate of drug-likeness (QED) is 0.860. The summed E-state index contributed by atoms with van der Waals surface area (Å²) in [5.74, 6) is 1.59. The Bertz CT molecular complexity index is 650. The minimum atomic E-state index is 0.0424. The molecule has 0 unspecified atom stereocenters. The van der Waals surface area contributed by atoms with Gasteiger partial charge < -0.3 is 19.9 Å². The van der Waals surface area contributed by atoms with E-state index in [4.69, 9.17) is 9.47 Å². The highest BCUT2D eigenvalue weighted by Gasteiger charge is 2.14. The van der Waals surface area contributed by atoms with Crippen LogP contribution >= 0.6 is 15.9 Å². The molecule has 0 aliphatic carbocycles. The zero-order valence-corrected chi connectivity index (χ0v) is 13.6. The van der Waals surface area contributed by atoms with Crippen molar-refractivity contribution in [2.75, 3.05) is 26.6 Å². The fraction of sp³-hybridized carbons (Fsp3) is 0.286. The molecule has 6 nitrogen and oxygen atoms in total. The van der Waals surface area contributed by atoms with E-state index < -0.39 is 0 Å². The number of anilines is 1. The number of ether oxygens (including phenoxy) is 2. The van der Waals surface area contributed by atoms with Gasteiger partial charge in [0.2, 0.25) is 0 Å². The third-order valence-corrected chi connectivity index (χ3v) is 3.71. The maximum absolute atomic E-state index is 9.88. The molecule has 0 amide bonds. The topological polar surface area (TPSA) is 76.5 Å². The highest BCUT2D eigenvalue weighted by atomic mass is 79.9. The van der Waals surface area contributed by atoms with Crippen LogP contribution < -0.4 is 10.1 Å². The summed E-state index contributed by atoms with van der Waals surface area (Å²) in [6.07, 6.45) is 0. The van der Waals surface area contributed by atoms with Crippen LogP contribution in [0.4, 0.5) is 5.82 Å². The number of hydrogen-bond acceptors (Lipinski definition) is 6. The Labute approximate surface area is 131 Å². The minimum absolute atomic E-state index is 0.0424. The van der Waals surface area contributed by atoms with Crippen molar-refractivity contribution in [1.82, 2.24) is 9.97 Å². The fourth-order valence-corrected chi connectivity index (χ4v) is 2.34. The van der Waals surface area contributed by atoms with Gasteiger partial charge in [-0.05, 0) is 34.1 Å². The lowest BCUT2D eigenvalue weighted by molar-refractivity contribution is 0.181. The monoisotopic (exact) mass is 353 g/mol. The summed E-state index contributed by atoms with van der Waals surface area (Å²) < 4.78 is 10.9. The van der Waals surface area contributed by atoms with Gasteiger partial charge in [0, 0.05) is 19.7 Å². The second-order valence-electron chi connectivity index (χ2n) is 4.23. The number of aromatic nitrogens is 2. The van der Waals surface area contributed by atoms with Crippen LogP contribution in [0.25, 0.3) is 11.4 Å². The minimum Gasteiger partial charge on any atom is -0.504 e. The molecule has 7 heteroatoms. The number of rotatable bonds is 5.